The highest BCUT2D eigenvalue weighted by atomic mass is 16.5. The fraction of sp³-hybridized carbons (Fsp3) is 0.556. The van der Waals surface area contributed by atoms with Crippen LogP contribution in [-0.4, -0.2) is 17.6 Å². The summed E-state index contributed by atoms with van der Waals surface area (Å²) in [5, 5.41) is 6.35. The molecule has 76 valence electrons. The van der Waals surface area contributed by atoms with Crippen molar-refractivity contribution >= 4 is 11.8 Å². The number of nitrogens with zero attached hydrogens (tertiary/aromatic N) is 1. The second-order valence-corrected chi connectivity index (χ2v) is 3.77. The Kier molecular flexibility index (Phi) is 2.03. The second-order valence-electron chi connectivity index (χ2n) is 3.77. The van der Waals surface area contributed by atoms with Gasteiger partial charge in [-0.05, 0) is 19.8 Å². The van der Waals surface area contributed by atoms with Gasteiger partial charge in [0.1, 0.15) is 0 Å². The molecule has 0 bridgehead atoms. The first-order chi connectivity index (χ1) is 6.66. The first kappa shape index (κ1) is 9.21. The Bertz CT molecular complexity index is 355. The fourth-order valence-corrected chi connectivity index (χ4v) is 1.34. The molecule has 1 fully saturated rings. The maximum absolute atomic E-state index is 11.7. The predicted molar refractivity (Wildman–Crippen MR) is 50.6 cm³/mol. The van der Waals surface area contributed by atoms with Gasteiger partial charge in [0.2, 0.25) is 11.8 Å². The number of hydrogen-bond acceptors (Lipinski definition) is 4. The fourth-order valence-electron chi connectivity index (χ4n) is 1.34. The van der Waals surface area contributed by atoms with Crippen LogP contribution in [0.5, 0.6) is 0 Å². The third-order valence-corrected chi connectivity index (χ3v) is 2.59. The molecule has 0 saturated heterocycles. The zero-order valence-electron chi connectivity index (χ0n) is 8.04. The van der Waals surface area contributed by atoms with Gasteiger partial charge in [-0.2, -0.15) is 0 Å². The lowest BCUT2D eigenvalue weighted by atomic mass is 10.1. The van der Waals surface area contributed by atoms with Crippen LogP contribution >= 0.6 is 0 Å². The van der Waals surface area contributed by atoms with Crippen LogP contribution in [0.15, 0.2) is 10.6 Å². The topological polar surface area (TPSA) is 81.2 Å². The van der Waals surface area contributed by atoms with Crippen molar-refractivity contribution in [1.29, 1.82) is 0 Å². The molecular weight excluding hydrogens is 182 g/mol. The molecule has 1 saturated carbocycles. The summed E-state index contributed by atoms with van der Waals surface area (Å²) in [6.07, 6.45) is 1.73. The Morgan fingerprint density at radius 2 is 2.50 bits per heavy atom. The third kappa shape index (κ3) is 1.50. The molecule has 0 spiro atoms. The Hall–Kier alpha value is -1.36. The normalized spacial score (nSPS) is 17.9. The van der Waals surface area contributed by atoms with Gasteiger partial charge in [-0.15, -0.1) is 0 Å². The van der Waals surface area contributed by atoms with Crippen LogP contribution in [-0.2, 0) is 4.79 Å². The number of nitrogens with one attached hydrogen (secondary N) is 1. The van der Waals surface area contributed by atoms with Crippen LogP contribution in [0.4, 0.5) is 5.88 Å². The van der Waals surface area contributed by atoms with Crippen LogP contribution in [0.3, 0.4) is 0 Å². The van der Waals surface area contributed by atoms with Gasteiger partial charge in [0.25, 0.3) is 0 Å². The van der Waals surface area contributed by atoms with Crippen LogP contribution in [0, 0.1) is 12.3 Å². The van der Waals surface area contributed by atoms with E-state index in [-0.39, 0.29) is 11.3 Å². The van der Waals surface area contributed by atoms with Gasteiger partial charge in [0.15, 0.2) is 0 Å². The first-order valence-electron chi connectivity index (χ1n) is 4.61. The first-order valence-corrected chi connectivity index (χ1v) is 4.61. The summed E-state index contributed by atoms with van der Waals surface area (Å²) < 4.78 is 4.88. The van der Waals surface area contributed by atoms with Crippen molar-refractivity contribution in [2.75, 3.05) is 11.9 Å². The van der Waals surface area contributed by atoms with E-state index in [1.54, 1.807) is 13.0 Å². The van der Waals surface area contributed by atoms with Gasteiger partial charge < -0.3 is 10.3 Å². The van der Waals surface area contributed by atoms with E-state index in [1.165, 1.54) is 0 Å². The predicted octanol–water partition coefficient (Wildman–Crippen LogP) is 0.660. The van der Waals surface area contributed by atoms with Gasteiger partial charge >= 0.3 is 0 Å². The number of aromatic nitrogens is 1. The molecule has 14 heavy (non-hydrogen) atoms. The maximum Gasteiger partial charge on any atom is 0.234 e. The summed E-state index contributed by atoms with van der Waals surface area (Å²) in [5.74, 6) is 0.336. The smallest absolute Gasteiger partial charge is 0.234 e. The van der Waals surface area contributed by atoms with Crippen LogP contribution in [0.25, 0.3) is 0 Å². The lowest BCUT2D eigenvalue weighted by Crippen LogP contribution is -2.30. The summed E-state index contributed by atoms with van der Waals surface area (Å²) in [6, 6.07) is 1.69. The van der Waals surface area contributed by atoms with Gasteiger partial charge in [0, 0.05) is 12.6 Å². The average Bonchev–Trinajstić information content (AvgIpc) is 2.87. The Balaban J connectivity index is 2.01. The van der Waals surface area contributed by atoms with E-state index >= 15 is 0 Å². The van der Waals surface area contributed by atoms with Crippen molar-refractivity contribution < 1.29 is 9.32 Å². The Labute approximate surface area is 81.6 Å². The number of rotatable bonds is 3. The summed E-state index contributed by atoms with van der Waals surface area (Å²) in [6.45, 7) is 2.20. The maximum atomic E-state index is 11.7. The number of amides is 1. The molecule has 1 aromatic rings. The number of nitrogens with two attached hydrogens (primary N) is 1. The molecule has 1 aliphatic rings. The van der Waals surface area contributed by atoms with E-state index in [1.807, 2.05) is 0 Å². The van der Waals surface area contributed by atoms with E-state index in [2.05, 4.69) is 10.5 Å². The van der Waals surface area contributed by atoms with Crippen molar-refractivity contribution in [2.24, 2.45) is 11.1 Å². The minimum Gasteiger partial charge on any atom is -0.338 e. The van der Waals surface area contributed by atoms with Crippen LogP contribution < -0.4 is 11.1 Å². The quantitative estimate of drug-likeness (QED) is 0.742. The SMILES string of the molecule is Cc1cc(NC(=O)C2(CN)CC2)on1. The second kappa shape index (κ2) is 3.09. The van der Waals surface area contributed by atoms with E-state index in [0.29, 0.717) is 12.4 Å². The molecule has 0 aromatic carbocycles. The molecule has 5 nitrogen and oxygen atoms in total. The minimum atomic E-state index is -0.347. The molecule has 5 heteroatoms. The lowest BCUT2D eigenvalue weighted by Gasteiger charge is -2.09. The van der Waals surface area contributed by atoms with E-state index < -0.39 is 0 Å². The number of hydrogen-bond donors (Lipinski definition) is 2. The molecular formula is C9H13N3O2. The van der Waals surface area contributed by atoms with Crippen molar-refractivity contribution in [3.05, 3.63) is 11.8 Å². The summed E-state index contributed by atoms with van der Waals surface area (Å²) >= 11 is 0. The highest BCUT2D eigenvalue weighted by Gasteiger charge is 2.48. The molecule has 0 atom stereocenters. The molecule has 2 rings (SSSR count). The largest absolute Gasteiger partial charge is 0.338 e. The highest BCUT2D eigenvalue weighted by Crippen LogP contribution is 2.45. The zero-order chi connectivity index (χ0) is 10.2. The Morgan fingerprint density at radius 1 is 1.79 bits per heavy atom. The minimum absolute atomic E-state index is 0.0591. The summed E-state index contributed by atoms with van der Waals surface area (Å²) in [4.78, 5) is 11.7. The molecule has 0 radical (unpaired) electrons. The standard InChI is InChI=1S/C9H13N3O2/c1-6-4-7(14-12-6)11-8(13)9(5-10)2-3-9/h4H,2-3,5,10H2,1H3,(H,11,13). The average molecular weight is 195 g/mol. The molecule has 1 aromatic heterocycles. The molecule has 1 amide bonds. The molecule has 3 N–H and O–H groups in total. The van der Waals surface area contributed by atoms with Crippen molar-refractivity contribution in [1.82, 2.24) is 5.16 Å². The monoisotopic (exact) mass is 195 g/mol. The lowest BCUT2D eigenvalue weighted by molar-refractivity contribution is -0.120. The summed E-state index contributed by atoms with van der Waals surface area (Å²) in [7, 11) is 0. The number of carbonyl (C=O) groups excluding carboxylic acids is 1. The molecule has 0 unspecified atom stereocenters. The molecule has 1 aliphatic carbocycles. The van der Waals surface area contributed by atoms with Crippen LogP contribution in [0.1, 0.15) is 18.5 Å². The highest BCUT2D eigenvalue weighted by molar-refractivity contribution is 5.96. The molecule has 1 heterocycles. The number of aryl methyl sites for hydroxylation is 1. The van der Waals surface area contributed by atoms with Crippen molar-refractivity contribution in [2.45, 2.75) is 19.8 Å². The van der Waals surface area contributed by atoms with Crippen molar-refractivity contribution in [3.63, 3.8) is 0 Å². The molecule has 0 aliphatic heterocycles. The van der Waals surface area contributed by atoms with E-state index in [0.717, 1.165) is 18.5 Å². The van der Waals surface area contributed by atoms with Gasteiger partial charge in [-0.25, -0.2) is 0 Å². The summed E-state index contributed by atoms with van der Waals surface area (Å²) in [5.41, 5.74) is 5.92. The number of carbonyl (C=O) groups is 1. The van der Waals surface area contributed by atoms with Gasteiger partial charge in [-0.3, -0.25) is 10.1 Å². The third-order valence-electron chi connectivity index (χ3n) is 2.59. The Morgan fingerprint density at radius 3 is 2.93 bits per heavy atom. The van der Waals surface area contributed by atoms with Crippen molar-refractivity contribution in [3.8, 4) is 0 Å². The van der Waals surface area contributed by atoms with Gasteiger partial charge in [0.05, 0.1) is 11.1 Å². The number of anilines is 1. The van der Waals surface area contributed by atoms with Gasteiger partial charge in [-0.1, -0.05) is 5.16 Å². The van der Waals surface area contributed by atoms with Crippen LogP contribution in [0.2, 0.25) is 0 Å². The van der Waals surface area contributed by atoms with E-state index in [4.69, 9.17) is 10.3 Å². The van der Waals surface area contributed by atoms with E-state index in [9.17, 15) is 4.79 Å². The zero-order valence-corrected chi connectivity index (χ0v) is 8.04.